The molecule has 56 valence electrons. The summed E-state index contributed by atoms with van der Waals surface area (Å²) in [6.45, 7) is 0. The first-order valence-corrected chi connectivity index (χ1v) is 5.77. The van der Waals surface area contributed by atoms with Crippen molar-refractivity contribution in [3.63, 3.8) is 0 Å². The van der Waals surface area contributed by atoms with E-state index >= 15 is 0 Å². The molecule has 0 saturated heterocycles. The molecule has 0 amide bonds. The van der Waals surface area contributed by atoms with Crippen molar-refractivity contribution in [1.29, 1.82) is 0 Å². The van der Waals surface area contributed by atoms with Crippen LogP contribution < -0.4 is 0 Å². The van der Waals surface area contributed by atoms with Crippen LogP contribution in [0.25, 0.3) is 0 Å². The monoisotopic (exact) mass is 192 g/mol. The van der Waals surface area contributed by atoms with Crippen molar-refractivity contribution in [3.05, 3.63) is 0 Å². The van der Waals surface area contributed by atoms with Crippen LogP contribution in [-0.2, 0) is 0 Å². The van der Waals surface area contributed by atoms with E-state index in [1.165, 1.54) is 0 Å². The van der Waals surface area contributed by atoms with Gasteiger partial charge in [0, 0.05) is 5.49 Å². The molecule has 0 aromatic heterocycles. The Morgan fingerprint density at radius 2 is 2.50 bits per heavy atom. The molecule has 1 rings (SSSR count). The van der Waals surface area contributed by atoms with Gasteiger partial charge in [-0.2, -0.15) is 0 Å². The Kier molecular flexibility index (Phi) is 3.03. The first-order chi connectivity index (χ1) is 4.68. The Morgan fingerprint density at radius 3 is 2.90 bits per heavy atom. The molecule has 0 aliphatic carbocycles. The summed E-state index contributed by atoms with van der Waals surface area (Å²) in [5.74, 6) is 0. The Labute approximate surface area is 72.0 Å². The third-order valence-corrected chi connectivity index (χ3v) is 4.37. The van der Waals surface area contributed by atoms with Gasteiger partial charge in [-0.15, -0.1) is 0 Å². The molecule has 5 heteroatoms. The highest BCUT2D eigenvalue weighted by Crippen LogP contribution is 2.34. The van der Waals surface area contributed by atoms with Crippen molar-refractivity contribution in [2.75, 3.05) is 14.1 Å². The van der Waals surface area contributed by atoms with Crippen LogP contribution in [0.15, 0.2) is 4.99 Å². The molecule has 1 aliphatic heterocycles. The van der Waals surface area contributed by atoms with Crippen LogP contribution in [0.5, 0.6) is 0 Å². The van der Waals surface area contributed by atoms with E-state index < -0.39 is 0 Å². The third-order valence-electron chi connectivity index (χ3n) is 0.744. The fraction of sp³-hybridized carbons (Fsp3) is 0.400. The number of aliphatic imine (C=N–C) groups is 1. The summed E-state index contributed by atoms with van der Waals surface area (Å²) in [5, 5.41) is 0. The lowest BCUT2D eigenvalue weighted by Gasteiger charge is -2.01. The van der Waals surface area contributed by atoms with Crippen molar-refractivity contribution in [2.24, 2.45) is 4.99 Å². The molecule has 2 nitrogen and oxygen atoms in total. The summed E-state index contributed by atoms with van der Waals surface area (Å²) in [6, 6.07) is 0. The zero-order valence-electron chi connectivity index (χ0n) is 5.77. The van der Waals surface area contributed by atoms with Crippen LogP contribution in [0.2, 0.25) is 0 Å². The van der Waals surface area contributed by atoms with Crippen molar-refractivity contribution in [1.82, 2.24) is 4.90 Å². The van der Waals surface area contributed by atoms with Gasteiger partial charge < -0.3 is 0 Å². The maximum absolute atomic E-state index is 4.88. The number of nitrogens with zero attached hydrogens (tertiary/aromatic N) is 2. The minimum absolute atomic E-state index is 0.0972. The molecule has 0 fully saturated rings. The molecule has 0 aromatic rings. The summed E-state index contributed by atoms with van der Waals surface area (Å²) in [6.07, 6.45) is 0. The second kappa shape index (κ2) is 3.61. The van der Waals surface area contributed by atoms with Crippen molar-refractivity contribution >= 4 is 47.9 Å². The first kappa shape index (κ1) is 8.39. The van der Waals surface area contributed by atoms with Crippen LogP contribution in [0.1, 0.15) is 0 Å². The quantitative estimate of drug-likeness (QED) is 0.463. The molecule has 0 N–H and O–H groups in total. The highest BCUT2D eigenvalue weighted by atomic mass is 33.1. The zero-order valence-corrected chi connectivity index (χ0v) is 8.22. The molecular formula is C5H8N2S3. The normalized spacial score (nSPS) is 25.1. The molecule has 1 unspecified atom stereocenters. The van der Waals surface area contributed by atoms with E-state index in [9.17, 15) is 0 Å². The van der Waals surface area contributed by atoms with Crippen molar-refractivity contribution in [2.45, 2.75) is 0 Å². The van der Waals surface area contributed by atoms with E-state index in [-0.39, 0.29) is 9.52 Å². The lowest BCUT2D eigenvalue weighted by molar-refractivity contribution is 0.653. The van der Waals surface area contributed by atoms with Crippen LogP contribution >= 0.6 is 32.5 Å². The predicted octanol–water partition coefficient (Wildman–Crippen LogP) is 1.55. The number of thiocarbonyl (C=S) groups is 1. The molecule has 1 aliphatic rings. The van der Waals surface area contributed by atoms with Crippen LogP contribution in [0, 0.1) is 0 Å². The Hall–Kier alpha value is 0.290. The zero-order chi connectivity index (χ0) is 7.56. The Bertz CT molecular complexity index is 207. The van der Waals surface area contributed by atoms with Gasteiger partial charge in [-0.25, -0.2) is 4.99 Å². The Morgan fingerprint density at radius 1 is 1.80 bits per heavy atom. The van der Waals surface area contributed by atoms with Gasteiger partial charge in [0.05, 0.1) is 5.55 Å². The highest BCUT2D eigenvalue weighted by molar-refractivity contribution is 8.94. The molecule has 0 spiro atoms. The lowest BCUT2D eigenvalue weighted by Crippen LogP contribution is -2.06. The van der Waals surface area contributed by atoms with Gasteiger partial charge >= 0.3 is 0 Å². The van der Waals surface area contributed by atoms with Crippen molar-refractivity contribution in [3.8, 4) is 0 Å². The summed E-state index contributed by atoms with van der Waals surface area (Å²) < 4.78 is 0.751. The maximum atomic E-state index is 4.88. The van der Waals surface area contributed by atoms with Gasteiger partial charge in [0.25, 0.3) is 0 Å². The second-order valence-electron chi connectivity index (χ2n) is 1.98. The second-order valence-corrected chi connectivity index (χ2v) is 5.91. The maximum Gasteiger partial charge on any atom is 0.170 e. The molecule has 0 aromatic carbocycles. The average molecular weight is 192 g/mol. The largest absolute Gasteiger partial charge is 0.282 e. The molecule has 0 bridgehead atoms. The van der Waals surface area contributed by atoms with Gasteiger partial charge in [-0.3, -0.25) is 4.90 Å². The SMILES string of the molecule is CN(C)C=S1C=NC(=S)S1. The lowest BCUT2D eigenvalue weighted by atomic mass is 11.0. The predicted molar refractivity (Wildman–Crippen MR) is 56.0 cm³/mol. The first-order valence-electron chi connectivity index (χ1n) is 2.68. The van der Waals surface area contributed by atoms with Gasteiger partial charge in [-0.1, -0.05) is 9.52 Å². The van der Waals surface area contributed by atoms with Crippen LogP contribution in [0.3, 0.4) is 0 Å². The summed E-state index contributed by atoms with van der Waals surface area (Å²) >= 11 is 4.88. The minimum Gasteiger partial charge on any atom is -0.282 e. The molecule has 0 saturated carbocycles. The fourth-order valence-electron chi connectivity index (χ4n) is 0.477. The van der Waals surface area contributed by atoms with Crippen LogP contribution in [-0.4, -0.2) is 34.4 Å². The summed E-state index contributed by atoms with van der Waals surface area (Å²) in [7, 11) is 5.74. The van der Waals surface area contributed by atoms with Crippen LogP contribution in [0.4, 0.5) is 0 Å². The summed E-state index contributed by atoms with van der Waals surface area (Å²) in [5.41, 5.74) is 4.00. The van der Waals surface area contributed by atoms with E-state index in [0.717, 1.165) is 4.32 Å². The number of hydrogen-bond acceptors (Lipinski definition) is 2. The number of hydrogen-bond donors (Lipinski definition) is 0. The molecule has 10 heavy (non-hydrogen) atoms. The highest BCUT2D eigenvalue weighted by Gasteiger charge is 2.05. The van der Waals surface area contributed by atoms with E-state index in [2.05, 4.69) is 10.5 Å². The van der Waals surface area contributed by atoms with Gasteiger partial charge in [0.1, 0.15) is 0 Å². The average Bonchev–Trinajstić information content (AvgIpc) is 2.13. The summed E-state index contributed by atoms with van der Waals surface area (Å²) in [4.78, 5) is 6.02. The van der Waals surface area contributed by atoms with Crippen molar-refractivity contribution < 1.29 is 0 Å². The van der Waals surface area contributed by atoms with E-state index in [1.807, 2.05) is 24.5 Å². The number of rotatable bonds is 1. The van der Waals surface area contributed by atoms with E-state index in [4.69, 9.17) is 12.2 Å². The van der Waals surface area contributed by atoms with Gasteiger partial charge in [0.15, 0.2) is 4.32 Å². The topological polar surface area (TPSA) is 15.6 Å². The fourth-order valence-corrected chi connectivity index (χ4v) is 3.92. The van der Waals surface area contributed by atoms with Gasteiger partial charge in [-0.05, 0) is 37.1 Å². The molecule has 1 heterocycles. The standard InChI is InChI=1S/C5H8N2S3/c1-7(2)4-10-3-6-5(8)9-10/h3-4H,1-2H3. The Balaban J connectivity index is 2.62. The third kappa shape index (κ3) is 2.49. The molecule has 1 atom stereocenters. The smallest absolute Gasteiger partial charge is 0.170 e. The minimum atomic E-state index is 0.0972. The molecule has 0 radical (unpaired) electrons. The van der Waals surface area contributed by atoms with E-state index in [1.54, 1.807) is 10.8 Å². The van der Waals surface area contributed by atoms with Gasteiger partial charge in [0.2, 0.25) is 0 Å². The van der Waals surface area contributed by atoms with E-state index in [0.29, 0.717) is 0 Å². The molecular weight excluding hydrogens is 184 g/mol.